The van der Waals surface area contributed by atoms with Crippen molar-refractivity contribution in [3.8, 4) is 0 Å². The van der Waals surface area contributed by atoms with Crippen molar-refractivity contribution >= 4 is 23.1 Å². The summed E-state index contributed by atoms with van der Waals surface area (Å²) in [6, 6.07) is 5.31. The average molecular weight is 288 g/mol. The van der Waals surface area contributed by atoms with Crippen LogP contribution in [0.3, 0.4) is 0 Å². The molecule has 1 aromatic rings. The van der Waals surface area contributed by atoms with Crippen LogP contribution in [0.1, 0.15) is 49.0 Å². The highest BCUT2D eigenvalue weighted by molar-refractivity contribution is 6.45. The Hall–Kier alpha value is -2.17. The van der Waals surface area contributed by atoms with Gasteiger partial charge in [-0.3, -0.25) is 9.59 Å². The third-order valence-corrected chi connectivity index (χ3v) is 3.76. The van der Waals surface area contributed by atoms with Gasteiger partial charge in [-0.2, -0.15) is 0 Å². The van der Waals surface area contributed by atoms with Crippen LogP contribution in [0, 0.1) is 0 Å². The van der Waals surface area contributed by atoms with Gasteiger partial charge in [0.05, 0.1) is 0 Å². The normalized spacial score (nSPS) is 15.0. The fourth-order valence-corrected chi connectivity index (χ4v) is 2.52. The Labute approximate surface area is 124 Å². The fourth-order valence-electron chi connectivity index (χ4n) is 2.52. The summed E-state index contributed by atoms with van der Waals surface area (Å²) < 4.78 is 0. The van der Waals surface area contributed by atoms with Crippen LogP contribution in [0.4, 0.5) is 5.69 Å². The third kappa shape index (κ3) is 3.12. The van der Waals surface area contributed by atoms with E-state index in [1.165, 1.54) is 6.92 Å². The van der Waals surface area contributed by atoms with Crippen LogP contribution in [0.5, 0.6) is 0 Å². The maximum absolute atomic E-state index is 12.0. The quantitative estimate of drug-likeness (QED) is 0.392. The number of hydrogen-bond acceptors (Lipinski definition) is 4. The van der Waals surface area contributed by atoms with E-state index in [1.54, 1.807) is 12.1 Å². The van der Waals surface area contributed by atoms with E-state index in [-0.39, 0.29) is 17.4 Å². The van der Waals surface area contributed by atoms with Crippen molar-refractivity contribution in [1.82, 2.24) is 0 Å². The van der Waals surface area contributed by atoms with Crippen LogP contribution in [0.2, 0.25) is 0 Å². The zero-order valence-electron chi connectivity index (χ0n) is 12.4. The van der Waals surface area contributed by atoms with Gasteiger partial charge < -0.3 is 10.1 Å². The molecular weight excluding hydrogens is 268 g/mol. The molecule has 0 radical (unpaired) electrons. The number of benzene rings is 1. The Morgan fingerprint density at radius 3 is 2.81 bits per heavy atom. The number of nitrogens with zero attached hydrogens (tertiary/aromatic N) is 2. The number of carbonyl (C=O) groups is 2. The lowest BCUT2D eigenvalue weighted by Gasteiger charge is -2.29. The van der Waals surface area contributed by atoms with Crippen molar-refractivity contribution in [1.29, 1.82) is 0 Å². The summed E-state index contributed by atoms with van der Waals surface area (Å²) in [5, 5.41) is 11.6. The molecule has 0 spiro atoms. The topological polar surface area (TPSA) is 70.0 Å². The molecule has 1 aliphatic heterocycles. The highest BCUT2D eigenvalue weighted by atomic mass is 16.4. The molecule has 0 bridgehead atoms. The van der Waals surface area contributed by atoms with E-state index in [2.05, 4.69) is 12.1 Å². The number of anilines is 1. The number of Topliss-reactive ketones (excluding diaryl/α,β-unsaturated/α-hetero) is 1. The summed E-state index contributed by atoms with van der Waals surface area (Å²) in [5.74, 6) is -0.152. The SMILES string of the molecule is CCCCN1C(=O)CCc2cc(C(=O)C(C)=NO)ccc21. The van der Waals surface area contributed by atoms with Crippen LogP contribution in [-0.4, -0.2) is 29.2 Å². The molecule has 0 saturated heterocycles. The van der Waals surface area contributed by atoms with Crippen molar-refractivity contribution in [2.75, 3.05) is 11.4 Å². The van der Waals surface area contributed by atoms with E-state index < -0.39 is 0 Å². The highest BCUT2D eigenvalue weighted by Gasteiger charge is 2.24. The summed E-state index contributed by atoms with van der Waals surface area (Å²) in [6.45, 7) is 4.28. The van der Waals surface area contributed by atoms with Crippen molar-refractivity contribution in [3.05, 3.63) is 29.3 Å². The predicted molar refractivity (Wildman–Crippen MR) is 81.3 cm³/mol. The Morgan fingerprint density at radius 2 is 2.14 bits per heavy atom. The smallest absolute Gasteiger partial charge is 0.227 e. The van der Waals surface area contributed by atoms with E-state index in [1.807, 2.05) is 11.0 Å². The molecule has 21 heavy (non-hydrogen) atoms. The largest absolute Gasteiger partial charge is 0.411 e. The van der Waals surface area contributed by atoms with Gasteiger partial charge in [-0.1, -0.05) is 18.5 Å². The minimum atomic E-state index is -0.294. The second-order valence-corrected chi connectivity index (χ2v) is 5.26. The zero-order valence-corrected chi connectivity index (χ0v) is 12.4. The highest BCUT2D eigenvalue weighted by Crippen LogP contribution is 2.29. The fraction of sp³-hybridized carbons (Fsp3) is 0.438. The number of unbranched alkanes of at least 4 members (excludes halogenated alkanes) is 1. The Bertz CT molecular complexity index is 593. The summed E-state index contributed by atoms with van der Waals surface area (Å²) in [6.07, 6.45) is 3.11. The second-order valence-electron chi connectivity index (χ2n) is 5.26. The number of aryl methyl sites for hydroxylation is 1. The van der Waals surface area contributed by atoms with E-state index in [0.717, 1.165) is 24.1 Å². The van der Waals surface area contributed by atoms with Crippen LogP contribution >= 0.6 is 0 Å². The zero-order chi connectivity index (χ0) is 15.4. The van der Waals surface area contributed by atoms with Crippen LogP contribution in [0.25, 0.3) is 0 Å². The maximum atomic E-state index is 12.0. The Kier molecular flexibility index (Phi) is 4.73. The number of oxime groups is 1. The summed E-state index contributed by atoms with van der Waals surface area (Å²) in [4.78, 5) is 25.9. The Balaban J connectivity index is 2.32. The molecule has 0 fully saturated rings. The lowest BCUT2D eigenvalue weighted by atomic mass is 9.96. The number of amides is 1. The number of fused-ring (bicyclic) bond motifs is 1. The number of rotatable bonds is 5. The molecule has 1 heterocycles. The van der Waals surface area contributed by atoms with Gasteiger partial charge in [-0.25, -0.2) is 0 Å². The first-order valence-corrected chi connectivity index (χ1v) is 7.25. The molecule has 0 unspecified atom stereocenters. The molecule has 112 valence electrons. The lowest BCUT2D eigenvalue weighted by molar-refractivity contribution is -0.118. The molecule has 1 aromatic carbocycles. The maximum Gasteiger partial charge on any atom is 0.227 e. The van der Waals surface area contributed by atoms with Gasteiger partial charge in [-0.15, -0.1) is 0 Å². The summed E-state index contributed by atoms with van der Waals surface area (Å²) in [5.41, 5.74) is 2.45. The van der Waals surface area contributed by atoms with Gasteiger partial charge in [0.25, 0.3) is 0 Å². The standard InChI is InChI=1S/C16H20N2O3/c1-3-4-9-18-14-7-5-13(16(20)11(2)17-21)10-12(14)6-8-15(18)19/h5,7,10,21H,3-4,6,8-9H2,1-2H3. The Morgan fingerprint density at radius 1 is 1.38 bits per heavy atom. The van der Waals surface area contributed by atoms with Crippen LogP contribution in [0.15, 0.2) is 23.4 Å². The van der Waals surface area contributed by atoms with Gasteiger partial charge in [-0.05, 0) is 43.5 Å². The molecule has 0 atom stereocenters. The van der Waals surface area contributed by atoms with E-state index in [9.17, 15) is 9.59 Å². The minimum absolute atomic E-state index is 0.0599. The molecule has 1 aliphatic rings. The molecule has 0 saturated carbocycles. The molecule has 5 heteroatoms. The van der Waals surface area contributed by atoms with E-state index in [0.29, 0.717) is 24.9 Å². The van der Waals surface area contributed by atoms with E-state index >= 15 is 0 Å². The van der Waals surface area contributed by atoms with Crippen molar-refractivity contribution in [2.24, 2.45) is 5.16 Å². The van der Waals surface area contributed by atoms with Crippen LogP contribution in [-0.2, 0) is 11.2 Å². The molecule has 1 amide bonds. The van der Waals surface area contributed by atoms with Crippen molar-refractivity contribution in [3.63, 3.8) is 0 Å². The number of hydrogen-bond donors (Lipinski definition) is 1. The first-order valence-electron chi connectivity index (χ1n) is 7.25. The van der Waals surface area contributed by atoms with Crippen LogP contribution < -0.4 is 4.90 Å². The first kappa shape index (κ1) is 15.2. The number of ketones is 1. The molecular formula is C16H20N2O3. The molecule has 0 aliphatic carbocycles. The van der Waals surface area contributed by atoms with Gasteiger partial charge in [0, 0.05) is 24.2 Å². The summed E-state index contributed by atoms with van der Waals surface area (Å²) >= 11 is 0. The second kappa shape index (κ2) is 6.52. The van der Waals surface area contributed by atoms with Crippen molar-refractivity contribution in [2.45, 2.75) is 39.5 Å². The molecule has 2 rings (SSSR count). The minimum Gasteiger partial charge on any atom is -0.411 e. The molecule has 5 nitrogen and oxygen atoms in total. The average Bonchev–Trinajstić information content (AvgIpc) is 2.52. The summed E-state index contributed by atoms with van der Waals surface area (Å²) in [7, 11) is 0. The van der Waals surface area contributed by atoms with Gasteiger partial charge in [0.2, 0.25) is 11.7 Å². The lowest BCUT2D eigenvalue weighted by Crippen LogP contribution is -2.36. The monoisotopic (exact) mass is 288 g/mol. The predicted octanol–water partition coefficient (Wildman–Crippen LogP) is 2.80. The van der Waals surface area contributed by atoms with Gasteiger partial charge in [0.15, 0.2) is 0 Å². The third-order valence-electron chi connectivity index (χ3n) is 3.76. The van der Waals surface area contributed by atoms with Gasteiger partial charge >= 0.3 is 0 Å². The van der Waals surface area contributed by atoms with Gasteiger partial charge in [0.1, 0.15) is 5.71 Å². The first-order chi connectivity index (χ1) is 10.1. The van der Waals surface area contributed by atoms with E-state index in [4.69, 9.17) is 5.21 Å². The number of carbonyl (C=O) groups excluding carboxylic acids is 2. The van der Waals surface area contributed by atoms with Crippen molar-refractivity contribution < 1.29 is 14.8 Å². The molecule has 1 N–H and O–H groups in total. The molecule has 0 aromatic heterocycles.